The smallest absolute Gasteiger partial charge is 0.196 e. The Morgan fingerprint density at radius 2 is 2.25 bits per heavy atom. The molecule has 2 heteroatoms. The average molecular weight is 108 g/mol. The van der Waals surface area contributed by atoms with Crippen LogP contribution in [0.1, 0.15) is 5.69 Å². The monoisotopic (exact) mass is 108 g/mol. The van der Waals surface area contributed by atoms with Crippen molar-refractivity contribution in [1.82, 2.24) is 4.98 Å². The standard InChI is InChI=1S/C6H6NO/c1-5-2-3-6(8)4-7-5/h2-4H,1H3. The van der Waals surface area contributed by atoms with Crippen molar-refractivity contribution in [3.05, 3.63) is 24.0 Å². The maximum Gasteiger partial charge on any atom is 0.196 e. The summed E-state index contributed by atoms with van der Waals surface area (Å²) in [6.07, 6.45) is 1.31. The fourth-order valence-electron chi connectivity index (χ4n) is 0.454. The van der Waals surface area contributed by atoms with Crippen molar-refractivity contribution in [2.75, 3.05) is 0 Å². The molecule has 2 nitrogen and oxygen atoms in total. The molecule has 0 unspecified atom stereocenters. The third-order valence-corrected chi connectivity index (χ3v) is 0.884. The molecule has 0 aliphatic heterocycles. The van der Waals surface area contributed by atoms with E-state index in [-0.39, 0.29) is 5.75 Å². The molecule has 41 valence electrons. The van der Waals surface area contributed by atoms with E-state index in [9.17, 15) is 5.11 Å². The van der Waals surface area contributed by atoms with Crippen molar-refractivity contribution in [2.24, 2.45) is 0 Å². The van der Waals surface area contributed by atoms with Gasteiger partial charge in [-0.05, 0) is 19.1 Å². The van der Waals surface area contributed by atoms with Crippen molar-refractivity contribution in [3.8, 4) is 5.75 Å². The van der Waals surface area contributed by atoms with E-state index >= 15 is 0 Å². The lowest BCUT2D eigenvalue weighted by molar-refractivity contribution is 0.353. The van der Waals surface area contributed by atoms with Crippen molar-refractivity contribution in [3.63, 3.8) is 0 Å². The first-order valence-electron chi connectivity index (χ1n) is 2.39. The van der Waals surface area contributed by atoms with Crippen LogP contribution < -0.4 is 0 Å². The van der Waals surface area contributed by atoms with E-state index in [1.165, 1.54) is 12.3 Å². The van der Waals surface area contributed by atoms with Gasteiger partial charge >= 0.3 is 0 Å². The van der Waals surface area contributed by atoms with Crippen LogP contribution in [0.3, 0.4) is 0 Å². The van der Waals surface area contributed by atoms with Gasteiger partial charge in [0.2, 0.25) is 0 Å². The molecule has 0 saturated heterocycles. The second kappa shape index (κ2) is 1.82. The summed E-state index contributed by atoms with van der Waals surface area (Å²) in [5, 5.41) is 10.4. The first kappa shape index (κ1) is 5.09. The highest BCUT2D eigenvalue weighted by Crippen LogP contribution is 2.04. The number of nitrogens with zero attached hydrogens (tertiary/aromatic N) is 1. The minimum absolute atomic E-state index is 0.0319. The minimum atomic E-state index is -0.0319. The molecule has 0 aromatic carbocycles. The van der Waals surface area contributed by atoms with Gasteiger partial charge in [0.25, 0.3) is 0 Å². The normalized spacial score (nSPS) is 9.12. The number of pyridine rings is 1. The predicted molar refractivity (Wildman–Crippen MR) is 29.1 cm³/mol. The molecule has 0 aliphatic carbocycles. The van der Waals surface area contributed by atoms with E-state index < -0.39 is 0 Å². The van der Waals surface area contributed by atoms with Crippen molar-refractivity contribution in [2.45, 2.75) is 6.92 Å². The number of hydrogen-bond donors (Lipinski definition) is 0. The van der Waals surface area contributed by atoms with Crippen LogP contribution in [0.2, 0.25) is 0 Å². The fourth-order valence-corrected chi connectivity index (χ4v) is 0.454. The van der Waals surface area contributed by atoms with E-state index in [0.717, 1.165) is 5.69 Å². The van der Waals surface area contributed by atoms with E-state index in [4.69, 9.17) is 0 Å². The SMILES string of the molecule is Cc1ccc([O])cn1. The Labute approximate surface area is 47.8 Å². The molecule has 0 N–H and O–H groups in total. The van der Waals surface area contributed by atoms with Crippen LogP contribution >= 0.6 is 0 Å². The van der Waals surface area contributed by atoms with Gasteiger partial charge in [-0.2, -0.15) is 0 Å². The molecule has 1 heterocycles. The lowest BCUT2D eigenvalue weighted by atomic mass is 10.4. The maximum atomic E-state index is 10.4. The largest absolute Gasteiger partial charge is 0.288 e. The van der Waals surface area contributed by atoms with Gasteiger partial charge in [0.15, 0.2) is 5.75 Å². The number of hydrogen-bond acceptors (Lipinski definition) is 1. The predicted octanol–water partition coefficient (Wildman–Crippen LogP) is 1.53. The third kappa shape index (κ3) is 0.964. The van der Waals surface area contributed by atoms with E-state index in [1.807, 2.05) is 6.92 Å². The van der Waals surface area contributed by atoms with Crippen molar-refractivity contribution < 1.29 is 5.11 Å². The summed E-state index contributed by atoms with van der Waals surface area (Å²) in [7, 11) is 0. The molecule has 8 heavy (non-hydrogen) atoms. The molecule has 1 aromatic heterocycles. The van der Waals surface area contributed by atoms with Gasteiger partial charge in [-0.25, -0.2) is 0 Å². The van der Waals surface area contributed by atoms with Crippen LogP contribution in [0.15, 0.2) is 18.3 Å². The molecular weight excluding hydrogens is 102 g/mol. The Hall–Kier alpha value is -1.05. The molecule has 0 aliphatic rings. The lowest BCUT2D eigenvalue weighted by Crippen LogP contribution is -1.74. The molecular formula is C6H6NO. The molecule has 0 amide bonds. The van der Waals surface area contributed by atoms with E-state index in [2.05, 4.69) is 4.98 Å². The molecule has 0 spiro atoms. The molecule has 1 radical (unpaired) electrons. The molecule has 1 aromatic rings. The third-order valence-electron chi connectivity index (χ3n) is 0.884. The summed E-state index contributed by atoms with van der Waals surface area (Å²) in [5.74, 6) is -0.0319. The topological polar surface area (TPSA) is 32.8 Å². The molecule has 1 rings (SSSR count). The summed E-state index contributed by atoms with van der Waals surface area (Å²) in [6.45, 7) is 1.85. The molecule has 0 fully saturated rings. The minimum Gasteiger partial charge on any atom is -0.288 e. The zero-order valence-electron chi connectivity index (χ0n) is 4.59. The van der Waals surface area contributed by atoms with Crippen LogP contribution in [0, 0.1) is 6.92 Å². The number of aromatic nitrogens is 1. The second-order valence-electron chi connectivity index (χ2n) is 1.64. The van der Waals surface area contributed by atoms with Crippen LogP contribution in [-0.2, 0) is 5.11 Å². The van der Waals surface area contributed by atoms with E-state index in [0.29, 0.717) is 0 Å². The quantitative estimate of drug-likeness (QED) is 0.496. The first-order valence-corrected chi connectivity index (χ1v) is 2.39. The Balaban J connectivity index is 3.03. The summed E-state index contributed by atoms with van der Waals surface area (Å²) < 4.78 is 0. The number of rotatable bonds is 0. The van der Waals surface area contributed by atoms with Crippen LogP contribution in [-0.4, -0.2) is 4.98 Å². The average Bonchev–Trinajstić information content (AvgIpc) is 1.77. The highest BCUT2D eigenvalue weighted by atomic mass is 16.3. The van der Waals surface area contributed by atoms with Gasteiger partial charge in [0.1, 0.15) is 0 Å². The summed E-state index contributed by atoms with van der Waals surface area (Å²) in [5.41, 5.74) is 0.879. The second-order valence-corrected chi connectivity index (χ2v) is 1.64. The van der Waals surface area contributed by atoms with Crippen LogP contribution in [0.5, 0.6) is 5.75 Å². The Bertz CT molecular complexity index is 147. The zero-order chi connectivity index (χ0) is 5.98. The zero-order valence-corrected chi connectivity index (χ0v) is 4.59. The van der Waals surface area contributed by atoms with Crippen molar-refractivity contribution >= 4 is 0 Å². The highest BCUT2D eigenvalue weighted by Gasteiger charge is 1.86. The Kier molecular flexibility index (Phi) is 1.16. The van der Waals surface area contributed by atoms with Gasteiger partial charge in [0, 0.05) is 5.69 Å². The maximum absolute atomic E-state index is 10.4. The first-order chi connectivity index (χ1) is 3.79. The molecule has 0 atom stereocenters. The lowest BCUT2D eigenvalue weighted by Gasteiger charge is -1.85. The van der Waals surface area contributed by atoms with Gasteiger partial charge < -0.3 is 0 Å². The van der Waals surface area contributed by atoms with Gasteiger partial charge in [-0.1, -0.05) is 0 Å². The van der Waals surface area contributed by atoms with Crippen LogP contribution in [0.4, 0.5) is 0 Å². The molecule has 0 saturated carbocycles. The Morgan fingerprint density at radius 1 is 1.50 bits per heavy atom. The van der Waals surface area contributed by atoms with Gasteiger partial charge in [-0.3, -0.25) is 10.1 Å². The van der Waals surface area contributed by atoms with Gasteiger partial charge in [-0.15, -0.1) is 0 Å². The summed E-state index contributed by atoms with van der Waals surface area (Å²) in [4.78, 5) is 3.77. The van der Waals surface area contributed by atoms with Gasteiger partial charge in [0.05, 0.1) is 6.20 Å². The Morgan fingerprint density at radius 3 is 2.62 bits per heavy atom. The number of aryl methyl sites for hydroxylation is 1. The highest BCUT2D eigenvalue weighted by molar-refractivity contribution is 5.16. The van der Waals surface area contributed by atoms with Crippen molar-refractivity contribution in [1.29, 1.82) is 0 Å². The molecule has 0 bridgehead atoms. The van der Waals surface area contributed by atoms with Crippen LogP contribution in [0.25, 0.3) is 0 Å². The summed E-state index contributed by atoms with van der Waals surface area (Å²) >= 11 is 0. The van der Waals surface area contributed by atoms with E-state index in [1.54, 1.807) is 6.07 Å². The summed E-state index contributed by atoms with van der Waals surface area (Å²) in [6, 6.07) is 3.20. The fraction of sp³-hybridized carbons (Fsp3) is 0.167.